The van der Waals surface area contributed by atoms with E-state index in [1.54, 1.807) is 55.1 Å². The fraction of sp³-hybridized carbons (Fsp3) is 0.348. The lowest BCUT2D eigenvalue weighted by molar-refractivity contribution is -0.118. The molecule has 1 atom stereocenters. The Hall–Kier alpha value is -3.04. The van der Waals surface area contributed by atoms with Crippen LogP contribution in [0.2, 0.25) is 0 Å². The monoisotopic (exact) mass is 457 g/mol. The summed E-state index contributed by atoms with van der Waals surface area (Å²) in [5, 5.41) is 2.69. The molecule has 2 aromatic rings. The van der Waals surface area contributed by atoms with Crippen LogP contribution in [0.15, 0.2) is 47.4 Å². The lowest BCUT2D eigenvalue weighted by Gasteiger charge is -2.22. The largest absolute Gasteiger partial charge is 0.325 e. The predicted molar refractivity (Wildman–Crippen MR) is 122 cm³/mol. The lowest BCUT2D eigenvalue weighted by Crippen LogP contribution is -2.47. The van der Waals surface area contributed by atoms with Crippen LogP contribution in [0.1, 0.15) is 43.6 Å². The van der Waals surface area contributed by atoms with Crippen LogP contribution in [0.25, 0.3) is 0 Å². The number of Topliss-reactive ketones (excluding diaryl/α,β-unsaturated/α-hetero) is 1. The number of carbonyl (C=O) groups is 3. The first-order valence-electron chi connectivity index (χ1n) is 10.3. The minimum Gasteiger partial charge on any atom is -0.325 e. The molecule has 0 fully saturated rings. The van der Waals surface area contributed by atoms with Gasteiger partial charge in [0.05, 0.1) is 4.90 Å². The van der Waals surface area contributed by atoms with Gasteiger partial charge in [0.1, 0.15) is 6.04 Å². The number of anilines is 2. The summed E-state index contributed by atoms with van der Waals surface area (Å²) in [5.41, 5.74) is 2.34. The molecule has 1 aliphatic heterocycles. The molecule has 0 aliphatic carbocycles. The molecule has 8 nitrogen and oxygen atoms in total. The van der Waals surface area contributed by atoms with E-state index >= 15 is 0 Å². The smallest absolute Gasteiger partial charge is 0.242 e. The van der Waals surface area contributed by atoms with Gasteiger partial charge in [-0.15, -0.1) is 0 Å². The minimum atomic E-state index is -3.99. The van der Waals surface area contributed by atoms with E-state index in [9.17, 15) is 22.8 Å². The number of hydrogen-bond donors (Lipinski definition) is 2. The fourth-order valence-electron chi connectivity index (χ4n) is 3.64. The molecule has 0 saturated heterocycles. The molecule has 3 rings (SSSR count). The topological polar surface area (TPSA) is 113 Å². The first kappa shape index (κ1) is 23.6. The zero-order chi connectivity index (χ0) is 23.6. The maximum Gasteiger partial charge on any atom is 0.242 e. The van der Waals surface area contributed by atoms with Gasteiger partial charge in [-0.2, -0.15) is 4.72 Å². The second-order valence-corrected chi connectivity index (χ2v) is 9.89. The van der Waals surface area contributed by atoms with Crippen LogP contribution in [0.4, 0.5) is 11.4 Å². The molecule has 32 heavy (non-hydrogen) atoms. The Morgan fingerprint density at radius 3 is 2.38 bits per heavy atom. The van der Waals surface area contributed by atoms with Crippen molar-refractivity contribution in [1.29, 1.82) is 0 Å². The van der Waals surface area contributed by atoms with Gasteiger partial charge in [-0.25, -0.2) is 8.42 Å². The molecule has 9 heteroatoms. The highest BCUT2D eigenvalue weighted by atomic mass is 32.2. The van der Waals surface area contributed by atoms with Gasteiger partial charge in [-0.3, -0.25) is 14.4 Å². The van der Waals surface area contributed by atoms with E-state index in [2.05, 4.69) is 10.0 Å². The van der Waals surface area contributed by atoms with Crippen molar-refractivity contribution in [2.75, 3.05) is 16.8 Å². The van der Waals surface area contributed by atoms with E-state index in [1.807, 2.05) is 0 Å². The molecular formula is C23H27N3O5S. The van der Waals surface area contributed by atoms with Crippen molar-refractivity contribution < 1.29 is 22.8 Å². The van der Waals surface area contributed by atoms with E-state index in [0.717, 1.165) is 5.56 Å². The van der Waals surface area contributed by atoms with Crippen molar-refractivity contribution >= 4 is 39.0 Å². The molecule has 1 heterocycles. The van der Waals surface area contributed by atoms with Gasteiger partial charge < -0.3 is 10.2 Å². The van der Waals surface area contributed by atoms with Crippen LogP contribution < -0.4 is 14.9 Å². The minimum absolute atomic E-state index is 0.0404. The number of benzene rings is 2. The highest BCUT2D eigenvalue weighted by molar-refractivity contribution is 7.89. The van der Waals surface area contributed by atoms with Crippen LogP contribution in [0.5, 0.6) is 0 Å². The second-order valence-electron chi connectivity index (χ2n) is 8.18. The van der Waals surface area contributed by atoms with Crippen molar-refractivity contribution in [3.63, 3.8) is 0 Å². The SMILES string of the molecule is CC(=O)c1cccc(NC(=O)[C@@H](NS(=O)(=O)c2ccc3c(c2)CCN3C(C)=O)C(C)C)c1. The zero-order valence-electron chi connectivity index (χ0n) is 18.5. The fourth-order valence-corrected chi connectivity index (χ4v) is 5.03. The highest BCUT2D eigenvalue weighted by Crippen LogP contribution is 2.30. The molecule has 0 saturated carbocycles. The maximum atomic E-state index is 13.0. The standard InChI is InChI=1S/C23H27N3O5S/c1-14(2)22(23(29)24-19-7-5-6-17(12-19)15(3)27)25-32(30,31)20-8-9-21-18(13-20)10-11-26(21)16(4)28/h5-9,12-14,22,25H,10-11H2,1-4H3,(H,24,29)/t22-/m0/s1. The molecule has 0 unspecified atom stereocenters. The van der Waals surface area contributed by atoms with Gasteiger partial charge >= 0.3 is 0 Å². The number of rotatable bonds is 7. The van der Waals surface area contributed by atoms with Crippen LogP contribution in [0.3, 0.4) is 0 Å². The summed E-state index contributed by atoms with van der Waals surface area (Å²) >= 11 is 0. The van der Waals surface area contributed by atoms with Gasteiger partial charge in [0, 0.05) is 30.4 Å². The van der Waals surface area contributed by atoms with Crippen molar-refractivity contribution in [1.82, 2.24) is 4.72 Å². The van der Waals surface area contributed by atoms with Gasteiger partial charge in [-0.1, -0.05) is 26.0 Å². The van der Waals surface area contributed by atoms with E-state index in [0.29, 0.717) is 29.9 Å². The molecule has 0 radical (unpaired) electrons. The lowest BCUT2D eigenvalue weighted by atomic mass is 10.0. The quantitative estimate of drug-likeness (QED) is 0.621. The number of amides is 2. The van der Waals surface area contributed by atoms with Gasteiger partial charge in [-0.05, 0) is 55.2 Å². The molecule has 2 amide bonds. The summed E-state index contributed by atoms with van der Waals surface area (Å²) < 4.78 is 28.6. The van der Waals surface area contributed by atoms with Gasteiger partial charge in [0.25, 0.3) is 0 Å². The third kappa shape index (κ3) is 5.05. The van der Waals surface area contributed by atoms with Gasteiger partial charge in [0.2, 0.25) is 21.8 Å². The number of ketones is 1. The predicted octanol–water partition coefficient (Wildman–Crippen LogP) is 2.74. The Balaban J connectivity index is 1.81. The summed E-state index contributed by atoms with van der Waals surface area (Å²) in [6.45, 7) is 6.90. The van der Waals surface area contributed by atoms with Crippen LogP contribution in [0, 0.1) is 5.92 Å². The summed E-state index contributed by atoms with van der Waals surface area (Å²) in [4.78, 5) is 37.8. The molecule has 0 aromatic heterocycles. The number of sulfonamides is 1. The molecule has 0 spiro atoms. The maximum absolute atomic E-state index is 13.0. The summed E-state index contributed by atoms with van der Waals surface area (Å²) in [6, 6.07) is 10.1. The van der Waals surface area contributed by atoms with E-state index < -0.39 is 22.0 Å². The number of hydrogen-bond acceptors (Lipinski definition) is 5. The van der Waals surface area contributed by atoms with Crippen molar-refractivity contribution in [2.24, 2.45) is 5.92 Å². The normalized spacial score (nSPS) is 14.2. The van der Waals surface area contributed by atoms with Crippen LogP contribution >= 0.6 is 0 Å². The van der Waals surface area contributed by atoms with Crippen molar-refractivity contribution in [2.45, 2.75) is 45.1 Å². The highest BCUT2D eigenvalue weighted by Gasteiger charge is 2.30. The summed E-state index contributed by atoms with van der Waals surface area (Å²) in [6.07, 6.45) is 0.568. The number of nitrogens with one attached hydrogen (secondary N) is 2. The Morgan fingerprint density at radius 2 is 1.75 bits per heavy atom. The van der Waals surface area contributed by atoms with E-state index in [-0.39, 0.29) is 22.5 Å². The Bertz CT molecular complexity index is 1170. The Kier molecular flexibility index (Phi) is 6.80. The third-order valence-electron chi connectivity index (χ3n) is 5.40. The average Bonchev–Trinajstić information content (AvgIpc) is 3.15. The zero-order valence-corrected chi connectivity index (χ0v) is 19.3. The van der Waals surface area contributed by atoms with Gasteiger partial charge in [0.15, 0.2) is 5.78 Å². The van der Waals surface area contributed by atoms with Crippen molar-refractivity contribution in [3.8, 4) is 0 Å². The molecule has 2 aromatic carbocycles. The molecule has 2 N–H and O–H groups in total. The number of nitrogens with zero attached hydrogens (tertiary/aromatic N) is 1. The molecule has 0 bridgehead atoms. The number of carbonyl (C=O) groups excluding carboxylic acids is 3. The molecule has 170 valence electrons. The van der Waals surface area contributed by atoms with Crippen molar-refractivity contribution in [3.05, 3.63) is 53.6 Å². The van der Waals surface area contributed by atoms with Crippen LogP contribution in [-0.4, -0.2) is 38.6 Å². The first-order chi connectivity index (χ1) is 15.0. The summed E-state index contributed by atoms with van der Waals surface area (Å²) in [7, 11) is -3.99. The first-order valence-corrected chi connectivity index (χ1v) is 11.8. The Labute approximate surface area is 188 Å². The average molecular weight is 458 g/mol. The molecular weight excluding hydrogens is 430 g/mol. The number of fused-ring (bicyclic) bond motifs is 1. The summed E-state index contributed by atoms with van der Waals surface area (Å²) in [5.74, 6) is -1.08. The van der Waals surface area contributed by atoms with E-state index in [4.69, 9.17) is 0 Å². The molecule has 1 aliphatic rings. The van der Waals surface area contributed by atoms with Crippen LogP contribution in [-0.2, 0) is 26.0 Å². The third-order valence-corrected chi connectivity index (χ3v) is 6.84. The van der Waals surface area contributed by atoms with E-state index in [1.165, 1.54) is 19.9 Å². The second kappa shape index (κ2) is 9.22. The Morgan fingerprint density at radius 1 is 1.03 bits per heavy atom.